The Labute approximate surface area is 160 Å². The molecule has 1 heterocycles. The SMILES string of the molecule is Cc1ccccc1Nc1ncccc1NC(=O)[C@H](C)CC(=O)OC(C)(C)C. The molecule has 0 fully saturated rings. The molecular weight excluding hydrogens is 342 g/mol. The minimum atomic E-state index is -0.568. The number of carbonyl (C=O) groups excluding carboxylic acids is 2. The van der Waals surface area contributed by atoms with Gasteiger partial charge in [0.2, 0.25) is 5.91 Å². The van der Waals surface area contributed by atoms with Gasteiger partial charge in [-0.1, -0.05) is 25.1 Å². The number of nitrogens with one attached hydrogen (secondary N) is 2. The molecule has 0 radical (unpaired) electrons. The number of benzene rings is 1. The molecule has 1 aromatic heterocycles. The average molecular weight is 369 g/mol. The van der Waals surface area contributed by atoms with Crippen LogP contribution in [0.3, 0.4) is 0 Å². The van der Waals surface area contributed by atoms with Crippen LogP contribution >= 0.6 is 0 Å². The first-order valence-corrected chi connectivity index (χ1v) is 8.96. The maximum absolute atomic E-state index is 12.5. The van der Waals surface area contributed by atoms with Crippen LogP contribution in [0.1, 0.15) is 39.7 Å². The van der Waals surface area contributed by atoms with Crippen molar-refractivity contribution < 1.29 is 14.3 Å². The third-order valence-electron chi connectivity index (χ3n) is 3.80. The van der Waals surface area contributed by atoms with Gasteiger partial charge < -0.3 is 15.4 Å². The highest BCUT2D eigenvalue weighted by Crippen LogP contribution is 2.25. The number of nitrogens with zero attached hydrogens (tertiary/aromatic N) is 1. The van der Waals surface area contributed by atoms with E-state index in [0.29, 0.717) is 11.5 Å². The van der Waals surface area contributed by atoms with Gasteiger partial charge in [0.25, 0.3) is 0 Å². The number of amides is 1. The van der Waals surface area contributed by atoms with Crippen molar-refractivity contribution in [2.24, 2.45) is 5.92 Å². The number of hydrogen-bond acceptors (Lipinski definition) is 5. The Morgan fingerprint density at radius 2 is 1.78 bits per heavy atom. The molecule has 0 aliphatic carbocycles. The van der Waals surface area contributed by atoms with Crippen molar-refractivity contribution in [3.8, 4) is 0 Å². The van der Waals surface area contributed by atoms with Gasteiger partial charge in [0, 0.05) is 17.8 Å². The Bertz CT molecular complexity index is 812. The third-order valence-corrected chi connectivity index (χ3v) is 3.80. The van der Waals surface area contributed by atoms with Crippen LogP contribution in [0.15, 0.2) is 42.6 Å². The molecule has 144 valence electrons. The highest BCUT2D eigenvalue weighted by molar-refractivity contribution is 5.96. The number of ether oxygens (including phenoxy) is 1. The van der Waals surface area contributed by atoms with E-state index in [2.05, 4.69) is 15.6 Å². The molecule has 27 heavy (non-hydrogen) atoms. The van der Waals surface area contributed by atoms with Crippen molar-refractivity contribution in [3.63, 3.8) is 0 Å². The molecule has 0 spiro atoms. The summed E-state index contributed by atoms with van der Waals surface area (Å²) in [5.74, 6) is -0.632. The summed E-state index contributed by atoms with van der Waals surface area (Å²) in [7, 11) is 0. The number of aromatic nitrogens is 1. The molecule has 2 aromatic rings. The first-order valence-electron chi connectivity index (χ1n) is 8.96. The maximum atomic E-state index is 12.5. The summed E-state index contributed by atoms with van der Waals surface area (Å²) >= 11 is 0. The van der Waals surface area contributed by atoms with Crippen molar-refractivity contribution in [1.29, 1.82) is 0 Å². The molecule has 0 saturated heterocycles. The topological polar surface area (TPSA) is 80.3 Å². The van der Waals surface area contributed by atoms with E-state index >= 15 is 0 Å². The van der Waals surface area contributed by atoms with E-state index in [9.17, 15) is 9.59 Å². The van der Waals surface area contributed by atoms with Crippen LogP contribution in [0.25, 0.3) is 0 Å². The van der Waals surface area contributed by atoms with Crippen molar-refractivity contribution in [3.05, 3.63) is 48.2 Å². The Hall–Kier alpha value is -2.89. The lowest BCUT2D eigenvalue weighted by molar-refractivity contribution is -0.156. The molecule has 6 heteroatoms. The molecule has 2 rings (SSSR count). The van der Waals surface area contributed by atoms with E-state index in [0.717, 1.165) is 11.3 Å². The van der Waals surface area contributed by atoms with Crippen molar-refractivity contribution in [1.82, 2.24) is 4.98 Å². The predicted octanol–water partition coefficient (Wildman–Crippen LogP) is 4.44. The molecule has 0 saturated carbocycles. The second-order valence-corrected chi connectivity index (χ2v) is 7.52. The Balaban J connectivity index is 2.05. The van der Waals surface area contributed by atoms with Gasteiger partial charge in [0.1, 0.15) is 5.60 Å². The van der Waals surface area contributed by atoms with Gasteiger partial charge in [-0.3, -0.25) is 9.59 Å². The molecule has 1 atom stereocenters. The van der Waals surface area contributed by atoms with Gasteiger partial charge in [-0.2, -0.15) is 0 Å². The minimum Gasteiger partial charge on any atom is -0.460 e. The number of aryl methyl sites for hydroxylation is 1. The fourth-order valence-corrected chi connectivity index (χ4v) is 2.43. The summed E-state index contributed by atoms with van der Waals surface area (Å²) in [6, 6.07) is 11.3. The average Bonchev–Trinajstić information content (AvgIpc) is 2.56. The lowest BCUT2D eigenvalue weighted by atomic mass is 10.1. The fourth-order valence-electron chi connectivity index (χ4n) is 2.43. The molecule has 1 amide bonds. The number of esters is 1. The summed E-state index contributed by atoms with van der Waals surface area (Å²) in [6.07, 6.45) is 1.67. The normalized spacial score (nSPS) is 12.2. The maximum Gasteiger partial charge on any atom is 0.307 e. The standard InChI is InChI=1S/C21H27N3O3/c1-14-9-6-7-10-16(14)23-19-17(11-8-12-22-19)24-20(26)15(2)13-18(25)27-21(3,4)5/h6-12,15H,13H2,1-5H3,(H,22,23)(H,24,26)/t15-/m1/s1. The van der Waals surface area contributed by atoms with Crippen LogP contribution < -0.4 is 10.6 Å². The highest BCUT2D eigenvalue weighted by Gasteiger charge is 2.23. The van der Waals surface area contributed by atoms with Crippen LogP contribution in [-0.2, 0) is 14.3 Å². The number of rotatable bonds is 6. The number of anilines is 3. The lowest BCUT2D eigenvalue weighted by Crippen LogP contribution is -2.28. The Morgan fingerprint density at radius 1 is 1.11 bits per heavy atom. The second kappa shape index (κ2) is 8.66. The summed E-state index contributed by atoms with van der Waals surface area (Å²) in [5.41, 5.74) is 1.97. The van der Waals surface area contributed by atoms with Crippen LogP contribution in [-0.4, -0.2) is 22.5 Å². The van der Waals surface area contributed by atoms with Crippen LogP contribution in [0, 0.1) is 12.8 Å². The summed E-state index contributed by atoms with van der Waals surface area (Å²) in [6.45, 7) is 9.09. The molecule has 0 aliphatic heterocycles. The lowest BCUT2D eigenvalue weighted by Gasteiger charge is -2.21. The molecule has 0 bridgehead atoms. The Kier molecular flexibility index (Phi) is 6.55. The van der Waals surface area contributed by atoms with Crippen molar-refractivity contribution in [2.75, 3.05) is 10.6 Å². The predicted molar refractivity (Wildman–Crippen MR) is 107 cm³/mol. The van der Waals surface area contributed by atoms with E-state index in [-0.39, 0.29) is 12.3 Å². The number of carbonyl (C=O) groups is 2. The molecular formula is C21H27N3O3. The molecule has 0 aliphatic rings. The Morgan fingerprint density at radius 3 is 2.44 bits per heavy atom. The second-order valence-electron chi connectivity index (χ2n) is 7.52. The van der Waals surface area contributed by atoms with Gasteiger partial charge in [0.05, 0.1) is 12.1 Å². The van der Waals surface area contributed by atoms with Crippen LogP contribution in [0.4, 0.5) is 17.2 Å². The minimum absolute atomic E-state index is 0.0178. The summed E-state index contributed by atoms with van der Waals surface area (Å²) < 4.78 is 5.28. The van der Waals surface area contributed by atoms with Gasteiger partial charge in [0.15, 0.2) is 5.82 Å². The van der Waals surface area contributed by atoms with Gasteiger partial charge in [-0.05, 0) is 51.5 Å². The highest BCUT2D eigenvalue weighted by atomic mass is 16.6. The van der Waals surface area contributed by atoms with Gasteiger partial charge in [-0.15, -0.1) is 0 Å². The monoisotopic (exact) mass is 369 g/mol. The van der Waals surface area contributed by atoms with E-state index in [4.69, 9.17) is 4.74 Å². The zero-order valence-corrected chi connectivity index (χ0v) is 16.5. The van der Waals surface area contributed by atoms with E-state index in [1.54, 1.807) is 46.0 Å². The van der Waals surface area contributed by atoms with Crippen LogP contribution in [0.2, 0.25) is 0 Å². The van der Waals surface area contributed by atoms with E-state index in [1.165, 1.54) is 0 Å². The molecule has 6 nitrogen and oxygen atoms in total. The largest absolute Gasteiger partial charge is 0.460 e. The van der Waals surface area contributed by atoms with Crippen molar-refractivity contribution in [2.45, 2.75) is 46.6 Å². The number of para-hydroxylation sites is 1. The molecule has 0 unspecified atom stereocenters. The first-order chi connectivity index (χ1) is 12.7. The zero-order valence-electron chi connectivity index (χ0n) is 16.5. The quantitative estimate of drug-likeness (QED) is 0.736. The third kappa shape index (κ3) is 6.40. The molecule has 1 aromatic carbocycles. The summed E-state index contributed by atoms with van der Waals surface area (Å²) in [5, 5.41) is 6.09. The van der Waals surface area contributed by atoms with Crippen LogP contribution in [0.5, 0.6) is 0 Å². The number of pyridine rings is 1. The van der Waals surface area contributed by atoms with Gasteiger partial charge >= 0.3 is 5.97 Å². The number of hydrogen-bond donors (Lipinski definition) is 2. The zero-order chi connectivity index (χ0) is 20.0. The smallest absolute Gasteiger partial charge is 0.307 e. The first kappa shape index (κ1) is 20.4. The van der Waals surface area contributed by atoms with Gasteiger partial charge in [-0.25, -0.2) is 4.98 Å². The van der Waals surface area contributed by atoms with E-state index in [1.807, 2.05) is 31.2 Å². The van der Waals surface area contributed by atoms with Crippen molar-refractivity contribution >= 4 is 29.1 Å². The molecule has 2 N–H and O–H groups in total. The fraction of sp³-hybridized carbons (Fsp3) is 0.381. The van der Waals surface area contributed by atoms with E-state index < -0.39 is 17.5 Å². The summed E-state index contributed by atoms with van der Waals surface area (Å²) in [4.78, 5) is 28.8.